The zero-order valence-corrected chi connectivity index (χ0v) is 14.7. The number of likely N-dealkylation sites (tertiary alicyclic amines) is 1. The summed E-state index contributed by atoms with van der Waals surface area (Å²) in [6.45, 7) is 6.92. The van der Waals surface area contributed by atoms with Gasteiger partial charge in [0, 0.05) is 26.2 Å². The fourth-order valence-electron chi connectivity index (χ4n) is 3.03. The average molecular weight is 333 g/mol. The molecule has 0 saturated carbocycles. The molecule has 2 unspecified atom stereocenters. The van der Waals surface area contributed by atoms with E-state index in [0.717, 1.165) is 31.0 Å². The van der Waals surface area contributed by atoms with Gasteiger partial charge >= 0.3 is 5.97 Å². The molecule has 6 heteroatoms. The lowest BCUT2D eigenvalue weighted by atomic mass is 9.99. The van der Waals surface area contributed by atoms with Gasteiger partial charge in [0.2, 0.25) is 0 Å². The van der Waals surface area contributed by atoms with E-state index in [1.807, 2.05) is 19.1 Å². The number of hydrogen-bond acceptors (Lipinski definition) is 4. The summed E-state index contributed by atoms with van der Waals surface area (Å²) in [7, 11) is 1.44. The lowest BCUT2D eigenvalue weighted by Gasteiger charge is -2.21. The van der Waals surface area contributed by atoms with Crippen LogP contribution in [0.25, 0.3) is 0 Å². The second kappa shape index (κ2) is 8.57. The molecule has 1 aromatic rings. The van der Waals surface area contributed by atoms with Crippen LogP contribution in [0, 0.1) is 11.8 Å². The summed E-state index contributed by atoms with van der Waals surface area (Å²) in [5, 5.41) is 12.8. The summed E-state index contributed by atoms with van der Waals surface area (Å²) in [5.74, 6) is 1.09. The van der Waals surface area contributed by atoms with Crippen molar-refractivity contribution in [2.24, 2.45) is 16.8 Å². The molecule has 1 aromatic carbocycles. The largest absolute Gasteiger partial charge is 0.508 e. The van der Waals surface area contributed by atoms with Gasteiger partial charge in [-0.1, -0.05) is 19.1 Å². The Morgan fingerprint density at radius 1 is 1.46 bits per heavy atom. The van der Waals surface area contributed by atoms with Gasteiger partial charge in [-0.2, -0.15) is 0 Å². The molecule has 24 heavy (non-hydrogen) atoms. The van der Waals surface area contributed by atoms with Gasteiger partial charge < -0.3 is 20.1 Å². The summed E-state index contributed by atoms with van der Waals surface area (Å²) in [6, 6.07) is 7.24. The molecule has 1 heterocycles. The zero-order valence-electron chi connectivity index (χ0n) is 14.7. The Bertz CT molecular complexity index is 589. The third kappa shape index (κ3) is 4.63. The van der Waals surface area contributed by atoms with E-state index in [4.69, 9.17) is 4.74 Å². The molecule has 1 fully saturated rings. The third-order valence-corrected chi connectivity index (χ3v) is 4.32. The quantitative estimate of drug-likeness (QED) is 0.487. The molecule has 2 atom stereocenters. The topological polar surface area (TPSA) is 74.2 Å². The highest BCUT2D eigenvalue weighted by Crippen LogP contribution is 2.24. The Hall–Kier alpha value is -2.24. The third-order valence-electron chi connectivity index (χ3n) is 4.32. The maximum absolute atomic E-state index is 11.8. The molecule has 1 saturated heterocycles. The number of methoxy groups -OCH3 is 1. The maximum atomic E-state index is 11.8. The van der Waals surface area contributed by atoms with E-state index in [1.54, 1.807) is 12.1 Å². The first-order chi connectivity index (χ1) is 11.5. The minimum atomic E-state index is -0.152. The number of aromatic hydroxyl groups is 1. The molecule has 0 radical (unpaired) electrons. The number of ether oxygens (including phenoxy) is 1. The van der Waals surface area contributed by atoms with Gasteiger partial charge in [-0.3, -0.25) is 9.79 Å². The number of nitrogens with zero attached hydrogens (tertiary/aromatic N) is 2. The first-order valence-corrected chi connectivity index (χ1v) is 8.44. The summed E-state index contributed by atoms with van der Waals surface area (Å²) in [6.07, 6.45) is 0.757. The maximum Gasteiger partial charge on any atom is 0.310 e. The Morgan fingerprint density at radius 3 is 2.92 bits per heavy atom. The van der Waals surface area contributed by atoms with E-state index in [0.29, 0.717) is 13.1 Å². The van der Waals surface area contributed by atoms with Crippen LogP contribution in [-0.2, 0) is 16.0 Å². The number of phenolic OH excluding ortho intramolecular Hbond substituents is 1. The Labute approximate surface area is 143 Å². The fourth-order valence-corrected chi connectivity index (χ4v) is 3.03. The second-order valence-corrected chi connectivity index (χ2v) is 6.17. The molecule has 1 aliphatic heterocycles. The number of guanidine groups is 1. The number of carbonyl (C=O) groups is 1. The molecular formula is C18H27N3O3. The minimum absolute atomic E-state index is 0.107. The van der Waals surface area contributed by atoms with Crippen molar-refractivity contribution in [2.75, 3.05) is 33.3 Å². The first-order valence-electron chi connectivity index (χ1n) is 8.44. The predicted molar refractivity (Wildman–Crippen MR) is 94.0 cm³/mol. The molecule has 0 aromatic heterocycles. The number of carbonyl (C=O) groups excluding carboxylic acids is 1. The van der Waals surface area contributed by atoms with E-state index < -0.39 is 0 Å². The van der Waals surface area contributed by atoms with Crippen molar-refractivity contribution in [1.29, 1.82) is 0 Å². The van der Waals surface area contributed by atoms with E-state index in [2.05, 4.69) is 22.1 Å². The molecule has 1 aliphatic rings. The molecule has 0 aliphatic carbocycles. The average Bonchev–Trinajstić information content (AvgIpc) is 2.95. The molecule has 132 valence electrons. The van der Waals surface area contributed by atoms with Crippen molar-refractivity contribution in [3.05, 3.63) is 29.8 Å². The van der Waals surface area contributed by atoms with Crippen molar-refractivity contribution >= 4 is 11.9 Å². The van der Waals surface area contributed by atoms with Gasteiger partial charge in [0.05, 0.1) is 13.0 Å². The van der Waals surface area contributed by atoms with Crippen LogP contribution < -0.4 is 5.32 Å². The van der Waals surface area contributed by atoms with Crippen molar-refractivity contribution in [3.63, 3.8) is 0 Å². The van der Waals surface area contributed by atoms with Gasteiger partial charge in [-0.25, -0.2) is 0 Å². The smallest absolute Gasteiger partial charge is 0.310 e. The molecule has 0 amide bonds. The lowest BCUT2D eigenvalue weighted by Crippen LogP contribution is -2.40. The molecule has 6 nitrogen and oxygen atoms in total. The number of nitrogens with one attached hydrogen (secondary N) is 1. The van der Waals surface area contributed by atoms with Crippen LogP contribution in [0.3, 0.4) is 0 Å². The number of esters is 1. The van der Waals surface area contributed by atoms with Crippen LogP contribution in [0.5, 0.6) is 5.75 Å². The lowest BCUT2D eigenvalue weighted by molar-refractivity contribution is -0.145. The molecular weight excluding hydrogens is 306 g/mol. The number of aliphatic imine (C=N–C) groups is 1. The van der Waals surface area contributed by atoms with Gasteiger partial charge in [0.25, 0.3) is 0 Å². The molecule has 2 rings (SSSR count). The van der Waals surface area contributed by atoms with E-state index >= 15 is 0 Å². The van der Waals surface area contributed by atoms with Crippen molar-refractivity contribution < 1.29 is 14.6 Å². The monoisotopic (exact) mass is 333 g/mol. The van der Waals surface area contributed by atoms with E-state index in [9.17, 15) is 9.90 Å². The predicted octanol–water partition coefficient (Wildman–Crippen LogP) is 1.64. The zero-order chi connectivity index (χ0) is 17.5. The van der Waals surface area contributed by atoms with Crippen LogP contribution in [-0.4, -0.2) is 55.2 Å². The summed E-state index contributed by atoms with van der Waals surface area (Å²) in [5.41, 5.74) is 1.05. The van der Waals surface area contributed by atoms with E-state index in [-0.39, 0.29) is 23.6 Å². The van der Waals surface area contributed by atoms with Crippen LogP contribution >= 0.6 is 0 Å². The number of phenols is 1. The van der Waals surface area contributed by atoms with Crippen molar-refractivity contribution in [1.82, 2.24) is 10.2 Å². The van der Waals surface area contributed by atoms with Crippen LogP contribution in [0.4, 0.5) is 0 Å². The van der Waals surface area contributed by atoms with Gasteiger partial charge in [-0.15, -0.1) is 0 Å². The summed E-state index contributed by atoms with van der Waals surface area (Å²) >= 11 is 0. The Morgan fingerprint density at radius 2 is 2.25 bits per heavy atom. The van der Waals surface area contributed by atoms with Gasteiger partial charge in [-0.05, 0) is 37.0 Å². The Balaban J connectivity index is 1.99. The second-order valence-electron chi connectivity index (χ2n) is 6.17. The highest BCUT2D eigenvalue weighted by molar-refractivity contribution is 5.82. The van der Waals surface area contributed by atoms with Gasteiger partial charge in [0.15, 0.2) is 5.96 Å². The van der Waals surface area contributed by atoms with Crippen LogP contribution in [0.15, 0.2) is 29.3 Å². The standard InChI is InChI=1S/C18H27N3O3/c1-4-19-18(20-9-8-14-6-5-7-15(22)10-14)21-11-13(2)16(12-21)17(23)24-3/h5-7,10,13,16,22H,4,8-9,11-12H2,1-3H3,(H,19,20). The van der Waals surface area contributed by atoms with Crippen molar-refractivity contribution in [3.8, 4) is 5.75 Å². The SMILES string of the molecule is CCNC(=NCCc1cccc(O)c1)N1CC(C)C(C(=O)OC)C1. The van der Waals surface area contributed by atoms with E-state index in [1.165, 1.54) is 7.11 Å². The highest BCUT2D eigenvalue weighted by atomic mass is 16.5. The first kappa shape index (κ1) is 18.1. The molecule has 0 spiro atoms. The Kier molecular flexibility index (Phi) is 6.46. The number of benzene rings is 1. The minimum Gasteiger partial charge on any atom is -0.508 e. The highest BCUT2D eigenvalue weighted by Gasteiger charge is 2.36. The number of hydrogen-bond donors (Lipinski definition) is 2. The number of rotatable bonds is 5. The summed E-state index contributed by atoms with van der Waals surface area (Å²) < 4.78 is 4.89. The fraction of sp³-hybridized carbons (Fsp3) is 0.556. The van der Waals surface area contributed by atoms with Crippen LogP contribution in [0.2, 0.25) is 0 Å². The van der Waals surface area contributed by atoms with Gasteiger partial charge in [0.1, 0.15) is 5.75 Å². The van der Waals surface area contributed by atoms with Crippen molar-refractivity contribution in [2.45, 2.75) is 20.3 Å². The normalized spacial score (nSPS) is 21.0. The summed E-state index contributed by atoms with van der Waals surface area (Å²) in [4.78, 5) is 18.6. The van der Waals surface area contributed by atoms with Crippen LogP contribution in [0.1, 0.15) is 19.4 Å². The molecule has 0 bridgehead atoms. The molecule has 2 N–H and O–H groups in total.